The molecule has 4 rings (SSSR count). The first-order valence-corrected chi connectivity index (χ1v) is 8.60. The Kier molecular flexibility index (Phi) is 4.44. The Hall–Kier alpha value is -3.81. The van der Waals surface area contributed by atoms with E-state index >= 15 is 0 Å². The van der Waals surface area contributed by atoms with Gasteiger partial charge in [0.1, 0.15) is 22.7 Å². The summed E-state index contributed by atoms with van der Waals surface area (Å²) in [5.74, 6) is 0.928. The number of benzene rings is 2. The number of nitrogens with zero attached hydrogens (tertiary/aromatic N) is 2. The molecule has 1 amide bonds. The lowest BCUT2D eigenvalue weighted by Crippen LogP contribution is -2.23. The van der Waals surface area contributed by atoms with Crippen molar-refractivity contribution in [2.75, 3.05) is 14.2 Å². The lowest BCUT2D eigenvalue weighted by Gasteiger charge is -2.11. The van der Waals surface area contributed by atoms with Crippen LogP contribution in [0.15, 0.2) is 53.5 Å². The molecule has 2 heterocycles. The molecule has 2 aromatic carbocycles. The van der Waals surface area contributed by atoms with E-state index in [1.54, 1.807) is 49.1 Å². The molecule has 0 aliphatic rings. The highest BCUT2D eigenvalue weighted by Crippen LogP contribution is 2.24. The van der Waals surface area contributed by atoms with Crippen molar-refractivity contribution in [2.24, 2.45) is 0 Å². The summed E-state index contributed by atoms with van der Waals surface area (Å²) in [6, 6.07) is 12.5. The number of para-hydroxylation sites is 1. The number of hydrogen-bond donors (Lipinski definition) is 2. The quantitative estimate of drug-likeness (QED) is 0.554. The molecule has 142 valence electrons. The van der Waals surface area contributed by atoms with Crippen LogP contribution >= 0.6 is 0 Å². The minimum Gasteiger partial charge on any atom is -0.497 e. The zero-order chi connectivity index (χ0) is 19.7. The van der Waals surface area contributed by atoms with Crippen molar-refractivity contribution in [3.8, 4) is 11.5 Å². The molecule has 8 nitrogen and oxygen atoms in total. The lowest BCUT2D eigenvalue weighted by molar-refractivity contribution is 0.0952. The van der Waals surface area contributed by atoms with Crippen molar-refractivity contribution in [1.82, 2.24) is 19.9 Å². The highest BCUT2D eigenvalue weighted by molar-refractivity contribution is 6.00. The van der Waals surface area contributed by atoms with Crippen molar-refractivity contribution in [2.45, 2.75) is 6.54 Å². The number of aromatic nitrogens is 3. The Labute approximate surface area is 159 Å². The summed E-state index contributed by atoms with van der Waals surface area (Å²) < 4.78 is 12.1. The smallest absolute Gasteiger partial charge is 0.259 e. The predicted molar refractivity (Wildman–Crippen MR) is 104 cm³/mol. The third-order valence-electron chi connectivity index (χ3n) is 4.56. The molecule has 4 aromatic rings. The van der Waals surface area contributed by atoms with Gasteiger partial charge in [0, 0.05) is 18.2 Å². The standard InChI is InChI=1S/C20H18N4O4/c1-27-13-8-7-12(17(9-13)28-2)10-21-19(25)15-11-22-24-16-6-4-3-5-14(16)20(26)23-18(15)24/h3-9,11H,10H2,1-2H3,(H,21,25)(H,23,26). The second-order valence-corrected chi connectivity index (χ2v) is 6.15. The predicted octanol–water partition coefficient (Wildman–Crippen LogP) is 2.12. The van der Waals surface area contributed by atoms with Crippen LogP contribution in [0.5, 0.6) is 11.5 Å². The Morgan fingerprint density at radius 2 is 2.00 bits per heavy atom. The van der Waals surface area contributed by atoms with Crippen LogP contribution in [0, 0.1) is 0 Å². The Morgan fingerprint density at radius 1 is 1.18 bits per heavy atom. The van der Waals surface area contributed by atoms with Gasteiger partial charge in [-0.2, -0.15) is 5.10 Å². The Balaban J connectivity index is 1.64. The second kappa shape index (κ2) is 7.07. The van der Waals surface area contributed by atoms with Gasteiger partial charge in [-0.25, -0.2) is 4.52 Å². The van der Waals surface area contributed by atoms with Gasteiger partial charge in [-0.1, -0.05) is 12.1 Å². The second-order valence-electron chi connectivity index (χ2n) is 6.15. The molecule has 8 heteroatoms. The van der Waals surface area contributed by atoms with E-state index in [2.05, 4.69) is 15.4 Å². The summed E-state index contributed by atoms with van der Waals surface area (Å²) in [4.78, 5) is 27.8. The number of methoxy groups -OCH3 is 2. The van der Waals surface area contributed by atoms with E-state index in [9.17, 15) is 9.59 Å². The molecular formula is C20H18N4O4. The number of carbonyl (C=O) groups excluding carboxylic acids is 1. The minimum absolute atomic E-state index is 0.251. The van der Waals surface area contributed by atoms with Gasteiger partial charge in [-0.15, -0.1) is 0 Å². The summed E-state index contributed by atoms with van der Waals surface area (Å²) in [6.07, 6.45) is 1.44. The van der Waals surface area contributed by atoms with E-state index in [0.717, 1.165) is 5.56 Å². The fourth-order valence-electron chi connectivity index (χ4n) is 3.11. The molecule has 2 N–H and O–H groups in total. The molecule has 0 unspecified atom stereocenters. The van der Waals surface area contributed by atoms with E-state index < -0.39 is 0 Å². The summed E-state index contributed by atoms with van der Waals surface area (Å²) >= 11 is 0. The summed E-state index contributed by atoms with van der Waals surface area (Å²) in [5, 5.41) is 7.61. The number of hydrogen-bond acceptors (Lipinski definition) is 5. The molecule has 0 atom stereocenters. The van der Waals surface area contributed by atoms with Crippen molar-refractivity contribution < 1.29 is 14.3 Å². The van der Waals surface area contributed by atoms with Crippen LogP contribution in [0.4, 0.5) is 0 Å². The van der Waals surface area contributed by atoms with Gasteiger partial charge < -0.3 is 19.8 Å². The normalized spacial score (nSPS) is 10.9. The zero-order valence-electron chi connectivity index (χ0n) is 15.4. The highest BCUT2D eigenvalue weighted by atomic mass is 16.5. The van der Waals surface area contributed by atoms with Gasteiger partial charge in [0.05, 0.1) is 31.3 Å². The topological polar surface area (TPSA) is 97.7 Å². The molecule has 0 bridgehead atoms. The van der Waals surface area contributed by atoms with Crippen molar-refractivity contribution in [1.29, 1.82) is 0 Å². The monoisotopic (exact) mass is 378 g/mol. The molecule has 0 saturated heterocycles. The maximum atomic E-state index is 12.7. The van der Waals surface area contributed by atoms with Crippen LogP contribution in [0.3, 0.4) is 0 Å². The number of ether oxygens (including phenoxy) is 2. The molecule has 0 aliphatic heterocycles. The number of amides is 1. The van der Waals surface area contributed by atoms with Crippen LogP contribution in [0.2, 0.25) is 0 Å². The van der Waals surface area contributed by atoms with E-state index in [1.165, 1.54) is 6.20 Å². The van der Waals surface area contributed by atoms with Crippen LogP contribution in [0.1, 0.15) is 15.9 Å². The van der Waals surface area contributed by atoms with E-state index in [1.807, 2.05) is 12.1 Å². The third kappa shape index (κ3) is 2.94. The van der Waals surface area contributed by atoms with E-state index in [0.29, 0.717) is 28.0 Å². The third-order valence-corrected chi connectivity index (χ3v) is 4.56. The lowest BCUT2D eigenvalue weighted by atomic mass is 10.2. The molecular weight excluding hydrogens is 360 g/mol. The average molecular weight is 378 g/mol. The Morgan fingerprint density at radius 3 is 2.79 bits per heavy atom. The molecule has 0 aliphatic carbocycles. The van der Waals surface area contributed by atoms with Crippen LogP contribution < -0.4 is 20.3 Å². The molecule has 0 radical (unpaired) electrons. The fraction of sp³-hybridized carbons (Fsp3) is 0.150. The largest absolute Gasteiger partial charge is 0.497 e. The van der Waals surface area contributed by atoms with Gasteiger partial charge in [0.15, 0.2) is 0 Å². The van der Waals surface area contributed by atoms with Gasteiger partial charge in [0.25, 0.3) is 11.5 Å². The minimum atomic E-state index is -0.348. The zero-order valence-corrected chi connectivity index (χ0v) is 15.4. The molecule has 28 heavy (non-hydrogen) atoms. The summed E-state index contributed by atoms with van der Waals surface area (Å²) in [6.45, 7) is 0.251. The van der Waals surface area contributed by atoms with Crippen LogP contribution in [-0.4, -0.2) is 34.7 Å². The number of nitrogens with one attached hydrogen (secondary N) is 2. The number of aromatic amines is 1. The molecule has 0 saturated carbocycles. The number of carbonyl (C=O) groups is 1. The summed E-state index contributed by atoms with van der Waals surface area (Å²) in [5.41, 5.74) is 1.80. The maximum Gasteiger partial charge on any atom is 0.259 e. The Bertz CT molecular complexity index is 1240. The molecule has 0 spiro atoms. The van der Waals surface area contributed by atoms with Crippen molar-refractivity contribution in [3.05, 3.63) is 70.1 Å². The maximum absolute atomic E-state index is 12.7. The highest BCUT2D eigenvalue weighted by Gasteiger charge is 2.16. The van der Waals surface area contributed by atoms with Crippen LogP contribution in [-0.2, 0) is 6.54 Å². The fourth-order valence-corrected chi connectivity index (χ4v) is 3.11. The van der Waals surface area contributed by atoms with Gasteiger partial charge >= 0.3 is 0 Å². The van der Waals surface area contributed by atoms with Crippen molar-refractivity contribution >= 4 is 22.5 Å². The average Bonchev–Trinajstić information content (AvgIpc) is 3.16. The SMILES string of the molecule is COc1ccc(CNC(=O)c2cnn3c2[nH]c(=O)c2ccccc23)c(OC)c1. The van der Waals surface area contributed by atoms with Crippen molar-refractivity contribution in [3.63, 3.8) is 0 Å². The first kappa shape index (κ1) is 17.6. The van der Waals surface area contributed by atoms with E-state index in [-0.39, 0.29) is 23.6 Å². The van der Waals surface area contributed by atoms with Gasteiger partial charge in [0.2, 0.25) is 0 Å². The molecule has 2 aromatic heterocycles. The number of rotatable bonds is 5. The summed E-state index contributed by atoms with van der Waals surface area (Å²) in [7, 11) is 3.13. The molecule has 0 fully saturated rings. The number of fused-ring (bicyclic) bond motifs is 3. The number of H-pyrrole nitrogens is 1. The van der Waals surface area contributed by atoms with Gasteiger partial charge in [-0.3, -0.25) is 9.59 Å². The first-order valence-electron chi connectivity index (χ1n) is 8.60. The van der Waals surface area contributed by atoms with Crippen LogP contribution in [0.25, 0.3) is 16.6 Å². The van der Waals surface area contributed by atoms with E-state index in [4.69, 9.17) is 9.47 Å². The van der Waals surface area contributed by atoms with Gasteiger partial charge in [-0.05, 0) is 24.3 Å². The first-order chi connectivity index (χ1) is 13.6.